The third kappa shape index (κ3) is 18.2. The first-order chi connectivity index (χ1) is 51.4. The van der Waals surface area contributed by atoms with Crippen LogP contribution in [-0.4, -0.2) is 229 Å². The van der Waals surface area contributed by atoms with Crippen LogP contribution in [0.1, 0.15) is 158 Å². The maximum absolute atomic E-state index is 12.0. The average molecular weight is 1470 g/mol. The molecule has 0 bridgehead atoms. The van der Waals surface area contributed by atoms with Crippen LogP contribution in [0.5, 0.6) is 0 Å². The van der Waals surface area contributed by atoms with Gasteiger partial charge in [0.05, 0.1) is 86.1 Å². The summed E-state index contributed by atoms with van der Waals surface area (Å²) in [5, 5.41) is 54.8. The van der Waals surface area contributed by atoms with Gasteiger partial charge in [0.25, 0.3) is 0 Å². The molecule has 3 saturated heterocycles. The normalized spacial score (nSPS) is 22.0. The van der Waals surface area contributed by atoms with Gasteiger partial charge in [-0.05, 0) is 188 Å². The Morgan fingerprint density at radius 2 is 0.783 bits per heavy atom. The summed E-state index contributed by atoms with van der Waals surface area (Å²) < 4.78 is 47.1. The average Bonchev–Trinajstić information content (AvgIpc) is 1.63. The van der Waals surface area contributed by atoms with E-state index in [1.807, 2.05) is 66.0 Å². The van der Waals surface area contributed by atoms with Gasteiger partial charge in [-0.15, -0.1) is 15.3 Å². The van der Waals surface area contributed by atoms with E-state index in [1.54, 1.807) is 27.5 Å². The number of carbonyl (C=O) groups is 1. The first kappa shape index (κ1) is 75.7. The number of piperidine rings is 1. The summed E-state index contributed by atoms with van der Waals surface area (Å²) >= 11 is 0. The minimum Gasteiger partial charge on any atom is -0.393 e. The van der Waals surface area contributed by atoms with Crippen LogP contribution in [0.25, 0.3) is 49.9 Å². The topological polar surface area (TPSA) is 318 Å². The van der Waals surface area contributed by atoms with Gasteiger partial charge in [-0.1, -0.05) is 0 Å². The molecule has 6 fully saturated rings. The number of carbonyl (C=O) groups excluding carboxylic acids is 1. The lowest BCUT2D eigenvalue weighted by Gasteiger charge is -2.34. The molecule has 568 valence electrons. The van der Waals surface area contributed by atoms with Crippen LogP contribution in [-0.2, 0) is 29.0 Å². The third-order valence-corrected chi connectivity index (χ3v) is 22.9. The Morgan fingerprint density at radius 3 is 1.11 bits per heavy atom. The Kier molecular flexibility index (Phi) is 24.7. The number of nitrogens with zero attached hydrogens (tertiary/aromatic N) is 16. The number of ether oxygens (including phenoxy) is 3. The Hall–Kier alpha value is -8.55. The van der Waals surface area contributed by atoms with Crippen molar-refractivity contribution in [2.75, 3.05) is 130 Å². The van der Waals surface area contributed by atoms with E-state index in [0.29, 0.717) is 94.6 Å². The quantitative estimate of drug-likeness (QED) is 0.0368. The molecule has 9 aromatic heterocycles. The largest absolute Gasteiger partial charge is 0.393 e. The van der Waals surface area contributed by atoms with Crippen molar-refractivity contribution >= 4 is 67.7 Å². The first-order valence-corrected chi connectivity index (χ1v) is 39.8. The van der Waals surface area contributed by atoms with Gasteiger partial charge < -0.3 is 60.2 Å². The summed E-state index contributed by atoms with van der Waals surface area (Å²) in [7, 11) is 1.85. The number of aliphatic hydroxyl groups is 3. The number of piperazine rings is 1. The molecule has 6 aliphatic rings. The minimum atomic E-state index is -3.19. The van der Waals surface area contributed by atoms with Crippen LogP contribution in [0.3, 0.4) is 0 Å². The number of aliphatic hydroxyl groups excluding tert-OH is 3. The molecule has 12 heterocycles. The molecular weight excluding hydrogens is 1370 g/mol. The summed E-state index contributed by atoms with van der Waals surface area (Å²) in [5.41, 5.74) is 12.7. The number of pyridine rings is 3. The lowest BCUT2D eigenvalue weighted by atomic mass is 9.85. The SMILES string of the molecule is COC[C@H](C)Nc1ncc2c(-c3ccnc(N4CCCC(=O)C4)c3)cc(C3CCC(O)CC3)n2n1.COC[C@H](C)Nc1ncc2c(-c3ccnc(N4CCCC4)c3)cc(C3CCC(O)CC3)n2n1.COC[C@H](C)Nc1ncc2c(-c3ccnc(N4CCN(S(C)(=O)=O)CC4)c3)cc(C3CCC(O)CC3)n2n1. The standard InChI is InChI=1S/C26H37N7O4S.C26H34N6O3.C25H34N6O2/c1-18(17-37-2)29-26-28-16-24-22(15-23(33(24)30-26)19-4-6-21(34)7-5-19)20-8-9-27-25(14-20)31-10-12-32(13-11-31)38(3,35)36;1-17(16-35-2)29-26-28-14-24-22(13-23(32(24)30-26)18-5-7-20(33)8-6-18)19-9-10-27-25(12-19)31-11-3-4-21(34)15-31;1-17(16-33-2)28-25-27-15-23-21(19-9-10-26-24(13-19)30-11-3-4-12-30)14-22(31(23)29-25)18-5-7-20(32)8-6-18/h8-9,14-16,18-19,21,34H,4-7,10-13,17H2,1-3H3,(H,29,30);9-10,12-14,17-18,20,33H,3-8,11,15-16H2,1-2H3,(H,29,30);9-10,13-15,17-18,20,32H,3-8,11-12,16H2,1-2H3,(H,28,29)/t18-,19?,21?;2*17-,18?,20?/m000/s1. The molecule has 0 amide bonds. The van der Waals surface area contributed by atoms with Crippen LogP contribution >= 0.6 is 0 Å². The van der Waals surface area contributed by atoms with Crippen molar-refractivity contribution < 1.29 is 42.7 Å². The van der Waals surface area contributed by atoms with Gasteiger partial charge in [-0.2, -0.15) is 4.31 Å². The van der Waals surface area contributed by atoms with Crippen molar-refractivity contribution in [3.63, 3.8) is 0 Å². The number of fused-ring (bicyclic) bond motifs is 3. The zero-order chi connectivity index (χ0) is 74.0. The maximum atomic E-state index is 12.0. The Labute approximate surface area is 620 Å². The fraction of sp³-hybridized carbons (Fsp3) is 0.558. The van der Waals surface area contributed by atoms with Gasteiger partial charge in [-0.25, -0.2) is 51.9 Å². The van der Waals surface area contributed by atoms with E-state index in [2.05, 4.69) is 114 Å². The van der Waals surface area contributed by atoms with E-state index >= 15 is 0 Å². The molecule has 3 atom stereocenters. The Balaban J connectivity index is 0.000000141. The number of nitrogens with one attached hydrogen (secondary N) is 3. The zero-order valence-corrected chi connectivity index (χ0v) is 63.1. The van der Waals surface area contributed by atoms with Gasteiger partial charge in [0, 0.05) is 162 Å². The third-order valence-electron chi connectivity index (χ3n) is 21.6. The number of Topliss-reactive ketones (excluding diaryl/α,β-unsaturated/α-hetero) is 1. The molecule has 29 heteroatoms. The molecule has 0 aromatic carbocycles. The highest BCUT2D eigenvalue weighted by atomic mass is 32.2. The van der Waals surface area contributed by atoms with Gasteiger partial charge in [-0.3, -0.25) is 4.79 Å². The van der Waals surface area contributed by atoms with Crippen molar-refractivity contribution in [3.05, 3.63) is 109 Å². The van der Waals surface area contributed by atoms with Crippen molar-refractivity contribution in [1.29, 1.82) is 0 Å². The molecule has 3 aliphatic heterocycles. The van der Waals surface area contributed by atoms with Gasteiger partial charge in [0.15, 0.2) is 5.78 Å². The second-order valence-corrected chi connectivity index (χ2v) is 31.7. The van der Waals surface area contributed by atoms with Crippen LogP contribution in [0, 0.1) is 0 Å². The second-order valence-electron chi connectivity index (χ2n) is 29.7. The monoisotopic (exact) mass is 1470 g/mol. The molecular formula is C77H105N19O9S. The first-order valence-electron chi connectivity index (χ1n) is 37.9. The van der Waals surface area contributed by atoms with E-state index in [1.165, 1.54) is 29.1 Å². The predicted molar refractivity (Wildman–Crippen MR) is 412 cm³/mol. The Bertz CT molecular complexity index is 4540. The summed E-state index contributed by atoms with van der Waals surface area (Å²) in [6, 6.07) is 19.3. The summed E-state index contributed by atoms with van der Waals surface area (Å²) in [5.74, 6) is 5.63. The van der Waals surface area contributed by atoms with Crippen LogP contribution in [0.4, 0.5) is 35.3 Å². The molecule has 6 N–H and O–H groups in total. The fourth-order valence-corrected chi connectivity index (χ4v) is 16.8. The number of hydrogen-bond donors (Lipinski definition) is 6. The van der Waals surface area contributed by atoms with E-state index in [4.69, 9.17) is 29.5 Å². The summed E-state index contributed by atoms with van der Waals surface area (Å²) in [6.07, 6.45) is 26.2. The number of ketones is 1. The number of sulfonamides is 1. The molecule has 28 nitrogen and oxygen atoms in total. The maximum Gasteiger partial charge on any atom is 0.241 e. The number of anilines is 6. The van der Waals surface area contributed by atoms with Crippen molar-refractivity contribution in [1.82, 2.24) is 63.1 Å². The number of aromatic nitrogens is 12. The zero-order valence-electron chi connectivity index (χ0n) is 62.3. The van der Waals surface area contributed by atoms with Gasteiger partial charge in [0.1, 0.15) is 17.5 Å². The minimum absolute atomic E-state index is 0.0617. The predicted octanol–water partition coefficient (Wildman–Crippen LogP) is 9.62. The van der Waals surface area contributed by atoms with Crippen molar-refractivity contribution in [2.45, 2.75) is 178 Å². The molecule has 0 spiro atoms. The summed E-state index contributed by atoms with van der Waals surface area (Å²) in [6.45, 7) is 13.3. The lowest BCUT2D eigenvalue weighted by molar-refractivity contribution is -0.118. The van der Waals surface area contributed by atoms with E-state index in [9.17, 15) is 28.5 Å². The van der Waals surface area contributed by atoms with Crippen LogP contribution in [0.15, 0.2) is 91.8 Å². The Morgan fingerprint density at radius 1 is 0.453 bits per heavy atom. The van der Waals surface area contributed by atoms with Crippen LogP contribution in [0.2, 0.25) is 0 Å². The highest BCUT2D eigenvalue weighted by molar-refractivity contribution is 7.88. The second kappa shape index (κ2) is 34.6. The smallest absolute Gasteiger partial charge is 0.241 e. The molecule has 9 aromatic rings. The van der Waals surface area contributed by atoms with E-state index in [-0.39, 0.29) is 42.2 Å². The highest BCUT2D eigenvalue weighted by Crippen LogP contribution is 2.42. The van der Waals surface area contributed by atoms with Gasteiger partial charge in [0.2, 0.25) is 27.9 Å². The molecule has 3 saturated carbocycles. The summed E-state index contributed by atoms with van der Waals surface area (Å²) in [4.78, 5) is 46.2. The fourth-order valence-electron chi connectivity index (χ4n) is 16.0. The van der Waals surface area contributed by atoms with E-state index in [0.717, 1.165) is 182 Å². The molecule has 0 radical (unpaired) electrons. The number of hydrogen-bond acceptors (Lipinski definition) is 24. The molecule has 0 unspecified atom stereocenters. The molecule has 3 aliphatic carbocycles. The van der Waals surface area contributed by atoms with Crippen molar-refractivity contribution in [3.8, 4) is 33.4 Å². The lowest BCUT2D eigenvalue weighted by Crippen LogP contribution is -2.48. The van der Waals surface area contributed by atoms with Gasteiger partial charge >= 0.3 is 0 Å². The highest BCUT2D eigenvalue weighted by Gasteiger charge is 2.32. The molecule has 106 heavy (non-hydrogen) atoms. The number of rotatable bonds is 22. The number of methoxy groups -OCH3 is 3. The van der Waals surface area contributed by atoms with E-state index < -0.39 is 10.0 Å². The van der Waals surface area contributed by atoms with Crippen molar-refractivity contribution in [2.24, 2.45) is 0 Å². The van der Waals surface area contributed by atoms with Crippen LogP contribution < -0.4 is 30.7 Å². The molecule has 15 rings (SSSR count).